The Labute approximate surface area is 145 Å². The van der Waals surface area contributed by atoms with Crippen LogP contribution >= 0.6 is 23.1 Å². The third kappa shape index (κ3) is 4.53. The van der Waals surface area contributed by atoms with Crippen LogP contribution in [0.3, 0.4) is 0 Å². The van der Waals surface area contributed by atoms with Crippen LogP contribution in [-0.4, -0.2) is 15.9 Å². The van der Waals surface area contributed by atoms with E-state index in [1.807, 2.05) is 17.5 Å². The van der Waals surface area contributed by atoms with Gasteiger partial charge in [0.2, 0.25) is 11.2 Å². The van der Waals surface area contributed by atoms with Crippen LogP contribution < -0.4 is 10.2 Å². The van der Waals surface area contributed by atoms with E-state index in [0.29, 0.717) is 16.7 Å². The van der Waals surface area contributed by atoms with E-state index in [4.69, 9.17) is 9.15 Å². The van der Waals surface area contributed by atoms with Crippen LogP contribution in [-0.2, 0) is 17.0 Å². The third-order valence-electron chi connectivity index (χ3n) is 2.86. The van der Waals surface area contributed by atoms with Crippen LogP contribution in [0.5, 0.6) is 5.75 Å². The SMILES string of the molecule is O=C(Cc1cccs1)Oc1coc(CSc2ncccn2)cc1=O. The highest BCUT2D eigenvalue weighted by Gasteiger charge is 2.12. The summed E-state index contributed by atoms with van der Waals surface area (Å²) in [6.07, 6.45) is 4.57. The largest absolute Gasteiger partial charge is 0.464 e. The van der Waals surface area contributed by atoms with Crippen molar-refractivity contribution in [1.82, 2.24) is 9.97 Å². The fourth-order valence-corrected chi connectivity index (χ4v) is 3.18. The minimum Gasteiger partial charge on any atom is -0.464 e. The zero-order chi connectivity index (χ0) is 16.8. The molecule has 0 atom stereocenters. The zero-order valence-electron chi connectivity index (χ0n) is 12.4. The smallest absolute Gasteiger partial charge is 0.316 e. The van der Waals surface area contributed by atoms with E-state index in [9.17, 15) is 9.59 Å². The van der Waals surface area contributed by atoms with Crippen molar-refractivity contribution < 1.29 is 13.9 Å². The molecule has 122 valence electrons. The molecular formula is C16H12N2O4S2. The van der Waals surface area contributed by atoms with Crippen LogP contribution in [0.4, 0.5) is 0 Å². The number of thiophene rings is 1. The first-order valence-corrected chi connectivity index (χ1v) is 8.82. The van der Waals surface area contributed by atoms with Crippen LogP contribution in [0.2, 0.25) is 0 Å². The lowest BCUT2D eigenvalue weighted by molar-refractivity contribution is -0.133. The predicted molar refractivity (Wildman–Crippen MR) is 90.2 cm³/mol. The Hall–Kier alpha value is -2.45. The van der Waals surface area contributed by atoms with Crippen LogP contribution in [0.25, 0.3) is 0 Å². The molecule has 0 aliphatic rings. The molecule has 6 nitrogen and oxygen atoms in total. The first kappa shape index (κ1) is 16.4. The summed E-state index contributed by atoms with van der Waals surface area (Å²) in [7, 11) is 0. The lowest BCUT2D eigenvalue weighted by Crippen LogP contribution is -2.16. The highest BCUT2D eigenvalue weighted by atomic mass is 32.2. The van der Waals surface area contributed by atoms with E-state index in [2.05, 4.69) is 9.97 Å². The molecular weight excluding hydrogens is 348 g/mol. The lowest BCUT2D eigenvalue weighted by atomic mass is 10.3. The molecule has 0 amide bonds. The second-order valence-electron chi connectivity index (χ2n) is 4.63. The quantitative estimate of drug-likeness (QED) is 0.380. The molecule has 3 aromatic rings. The minimum absolute atomic E-state index is 0.110. The van der Waals surface area contributed by atoms with Crippen molar-refractivity contribution in [2.45, 2.75) is 17.3 Å². The molecule has 0 spiro atoms. The van der Waals surface area contributed by atoms with Gasteiger partial charge in [-0.2, -0.15) is 0 Å². The van der Waals surface area contributed by atoms with E-state index in [1.165, 1.54) is 29.2 Å². The molecule has 0 N–H and O–H groups in total. The van der Waals surface area contributed by atoms with Crippen molar-refractivity contribution in [2.75, 3.05) is 0 Å². The Kier molecular flexibility index (Phi) is 5.39. The molecule has 0 radical (unpaired) electrons. The number of carbonyl (C=O) groups excluding carboxylic acids is 1. The Morgan fingerprint density at radius 3 is 2.83 bits per heavy atom. The van der Waals surface area contributed by atoms with Gasteiger partial charge in [0.25, 0.3) is 0 Å². The maximum Gasteiger partial charge on any atom is 0.316 e. The Morgan fingerprint density at radius 2 is 2.12 bits per heavy atom. The van der Waals surface area contributed by atoms with E-state index >= 15 is 0 Å². The first-order chi connectivity index (χ1) is 11.7. The number of thioether (sulfide) groups is 1. The van der Waals surface area contributed by atoms with Crippen molar-refractivity contribution in [1.29, 1.82) is 0 Å². The van der Waals surface area contributed by atoms with Gasteiger partial charge in [0.1, 0.15) is 12.0 Å². The number of esters is 1. The fourth-order valence-electron chi connectivity index (χ4n) is 1.80. The molecule has 0 aliphatic carbocycles. The Morgan fingerprint density at radius 1 is 1.29 bits per heavy atom. The molecule has 24 heavy (non-hydrogen) atoms. The third-order valence-corrected chi connectivity index (χ3v) is 4.63. The van der Waals surface area contributed by atoms with Crippen LogP contribution in [0.15, 0.2) is 62.7 Å². The van der Waals surface area contributed by atoms with Gasteiger partial charge < -0.3 is 9.15 Å². The second kappa shape index (κ2) is 7.89. The average molecular weight is 360 g/mol. The summed E-state index contributed by atoms with van der Waals surface area (Å²) in [4.78, 5) is 32.8. The molecule has 0 aromatic carbocycles. The topological polar surface area (TPSA) is 82.3 Å². The van der Waals surface area contributed by atoms with Gasteiger partial charge >= 0.3 is 5.97 Å². The number of hydrogen-bond acceptors (Lipinski definition) is 8. The minimum atomic E-state index is -0.496. The van der Waals surface area contributed by atoms with E-state index in [-0.39, 0.29) is 12.2 Å². The van der Waals surface area contributed by atoms with Crippen LogP contribution in [0, 0.1) is 0 Å². The van der Waals surface area contributed by atoms with Gasteiger partial charge in [-0.15, -0.1) is 11.3 Å². The maximum absolute atomic E-state index is 12.0. The Balaban J connectivity index is 1.60. The molecule has 0 bridgehead atoms. The summed E-state index contributed by atoms with van der Waals surface area (Å²) in [5, 5.41) is 2.46. The van der Waals surface area contributed by atoms with Gasteiger partial charge in [0, 0.05) is 23.3 Å². The second-order valence-corrected chi connectivity index (χ2v) is 6.60. The molecule has 8 heteroatoms. The summed E-state index contributed by atoms with van der Waals surface area (Å²) >= 11 is 2.80. The highest BCUT2D eigenvalue weighted by molar-refractivity contribution is 7.98. The summed E-state index contributed by atoms with van der Waals surface area (Å²) in [6.45, 7) is 0. The number of nitrogens with zero attached hydrogens (tertiary/aromatic N) is 2. The van der Waals surface area contributed by atoms with Gasteiger partial charge in [0.05, 0.1) is 12.2 Å². The zero-order valence-corrected chi connectivity index (χ0v) is 14.0. The Bertz CT molecular complexity index is 863. The lowest BCUT2D eigenvalue weighted by Gasteiger charge is -2.04. The monoisotopic (exact) mass is 360 g/mol. The van der Waals surface area contributed by atoms with Gasteiger partial charge in [-0.3, -0.25) is 9.59 Å². The van der Waals surface area contributed by atoms with Crippen molar-refractivity contribution in [3.8, 4) is 5.75 Å². The molecule has 0 saturated carbocycles. The number of aromatic nitrogens is 2. The molecule has 3 heterocycles. The highest BCUT2D eigenvalue weighted by Crippen LogP contribution is 2.19. The molecule has 0 unspecified atom stereocenters. The van der Waals surface area contributed by atoms with E-state index in [1.54, 1.807) is 18.5 Å². The number of rotatable bonds is 6. The van der Waals surface area contributed by atoms with Gasteiger partial charge in [-0.1, -0.05) is 17.8 Å². The standard InChI is InChI=1S/C16H12N2O4S2/c19-13-7-11(10-24-16-17-4-2-5-18-16)21-9-14(13)22-15(20)8-12-3-1-6-23-12/h1-7,9H,8,10H2. The normalized spacial score (nSPS) is 10.5. The fraction of sp³-hybridized carbons (Fsp3) is 0.125. The van der Waals surface area contributed by atoms with Crippen molar-refractivity contribution in [3.05, 3.63) is 69.2 Å². The van der Waals surface area contributed by atoms with Crippen molar-refractivity contribution in [2.24, 2.45) is 0 Å². The summed E-state index contributed by atoms with van der Waals surface area (Å²) in [5.74, 6) is 0.254. The van der Waals surface area contributed by atoms with Crippen molar-refractivity contribution in [3.63, 3.8) is 0 Å². The van der Waals surface area contributed by atoms with Gasteiger partial charge in [-0.25, -0.2) is 9.97 Å². The summed E-state index contributed by atoms with van der Waals surface area (Å²) in [5.41, 5.74) is -0.398. The van der Waals surface area contributed by atoms with Crippen molar-refractivity contribution >= 4 is 29.1 Å². The van der Waals surface area contributed by atoms with Gasteiger partial charge in [0.15, 0.2) is 5.16 Å². The molecule has 3 aromatic heterocycles. The molecule has 3 rings (SSSR count). The average Bonchev–Trinajstić information content (AvgIpc) is 3.09. The molecule has 0 saturated heterocycles. The van der Waals surface area contributed by atoms with E-state index < -0.39 is 11.4 Å². The number of ether oxygens (including phenoxy) is 1. The predicted octanol–water partition coefficient (Wildman–Crippen LogP) is 2.93. The molecule has 0 aliphatic heterocycles. The summed E-state index contributed by atoms with van der Waals surface area (Å²) < 4.78 is 10.4. The first-order valence-electron chi connectivity index (χ1n) is 6.95. The van der Waals surface area contributed by atoms with Gasteiger partial charge in [-0.05, 0) is 17.5 Å². The molecule has 0 fully saturated rings. The number of carbonyl (C=O) groups is 1. The van der Waals surface area contributed by atoms with E-state index in [0.717, 1.165) is 11.1 Å². The summed E-state index contributed by atoms with van der Waals surface area (Å²) in [6, 6.07) is 6.72. The van der Waals surface area contributed by atoms with Crippen LogP contribution in [0.1, 0.15) is 10.6 Å². The number of hydrogen-bond donors (Lipinski definition) is 0. The maximum atomic E-state index is 12.0.